The van der Waals surface area contributed by atoms with Crippen LogP contribution in [0.2, 0.25) is 0 Å². The number of aromatic nitrogens is 4. The molecule has 0 saturated carbocycles. The fraction of sp³-hybridized carbons (Fsp3) is 0.389. The summed E-state index contributed by atoms with van der Waals surface area (Å²) < 4.78 is 2.25. The molecule has 1 saturated heterocycles. The Hall–Kier alpha value is -2.27. The van der Waals surface area contributed by atoms with Gasteiger partial charge in [0.25, 0.3) is 0 Å². The monoisotopic (exact) mass is 307 g/mol. The van der Waals surface area contributed by atoms with E-state index in [1.165, 1.54) is 19.4 Å². The third-order valence-corrected chi connectivity index (χ3v) is 4.56. The van der Waals surface area contributed by atoms with Crippen LogP contribution in [0.5, 0.6) is 0 Å². The van der Waals surface area contributed by atoms with Crippen LogP contribution in [-0.2, 0) is 6.54 Å². The van der Waals surface area contributed by atoms with Crippen LogP contribution < -0.4 is 0 Å². The lowest BCUT2D eigenvalue weighted by Crippen LogP contribution is -2.34. The molecule has 0 aliphatic carbocycles. The SMILES string of the molecule is CN1CCCC(Cn2c(-c3ccccn3)nc3cccnc32)C1. The van der Waals surface area contributed by atoms with Crippen molar-refractivity contribution in [1.82, 2.24) is 24.4 Å². The molecule has 1 aliphatic heterocycles. The molecule has 118 valence electrons. The molecular weight excluding hydrogens is 286 g/mol. The lowest BCUT2D eigenvalue weighted by Gasteiger charge is -2.30. The topological polar surface area (TPSA) is 46.8 Å². The average molecular weight is 307 g/mol. The Balaban J connectivity index is 1.77. The van der Waals surface area contributed by atoms with Gasteiger partial charge in [0.2, 0.25) is 0 Å². The quantitative estimate of drug-likeness (QED) is 0.746. The summed E-state index contributed by atoms with van der Waals surface area (Å²) >= 11 is 0. The van der Waals surface area contributed by atoms with E-state index in [1.54, 1.807) is 0 Å². The van der Waals surface area contributed by atoms with Gasteiger partial charge in [0.05, 0.1) is 0 Å². The summed E-state index contributed by atoms with van der Waals surface area (Å²) in [5, 5.41) is 0. The van der Waals surface area contributed by atoms with E-state index in [4.69, 9.17) is 4.98 Å². The Morgan fingerprint density at radius 2 is 2.04 bits per heavy atom. The molecule has 0 N–H and O–H groups in total. The van der Waals surface area contributed by atoms with Crippen LogP contribution >= 0.6 is 0 Å². The lowest BCUT2D eigenvalue weighted by atomic mass is 9.98. The molecule has 1 fully saturated rings. The molecule has 4 heterocycles. The van der Waals surface area contributed by atoms with Gasteiger partial charge in [0.15, 0.2) is 11.5 Å². The van der Waals surface area contributed by atoms with Crippen molar-refractivity contribution in [1.29, 1.82) is 0 Å². The summed E-state index contributed by atoms with van der Waals surface area (Å²) in [5.74, 6) is 1.56. The zero-order chi connectivity index (χ0) is 15.6. The molecule has 5 heteroatoms. The second kappa shape index (κ2) is 6.08. The maximum absolute atomic E-state index is 4.79. The molecular formula is C18H21N5. The van der Waals surface area contributed by atoms with E-state index in [0.717, 1.165) is 35.8 Å². The van der Waals surface area contributed by atoms with Crippen LogP contribution in [0.1, 0.15) is 12.8 Å². The number of piperidine rings is 1. The molecule has 23 heavy (non-hydrogen) atoms. The van der Waals surface area contributed by atoms with Gasteiger partial charge in [-0.1, -0.05) is 6.07 Å². The van der Waals surface area contributed by atoms with Gasteiger partial charge in [-0.2, -0.15) is 0 Å². The summed E-state index contributed by atoms with van der Waals surface area (Å²) in [6.07, 6.45) is 6.19. The summed E-state index contributed by atoms with van der Waals surface area (Å²) in [6, 6.07) is 9.93. The zero-order valence-corrected chi connectivity index (χ0v) is 13.4. The van der Waals surface area contributed by atoms with Crippen molar-refractivity contribution in [3.63, 3.8) is 0 Å². The average Bonchev–Trinajstić information content (AvgIpc) is 2.95. The molecule has 5 nitrogen and oxygen atoms in total. The predicted molar refractivity (Wildman–Crippen MR) is 91.0 cm³/mol. The molecule has 0 radical (unpaired) electrons. The van der Waals surface area contributed by atoms with Crippen molar-refractivity contribution in [2.45, 2.75) is 19.4 Å². The fourth-order valence-electron chi connectivity index (χ4n) is 3.50. The van der Waals surface area contributed by atoms with Crippen LogP contribution in [0, 0.1) is 5.92 Å². The van der Waals surface area contributed by atoms with E-state index in [9.17, 15) is 0 Å². The zero-order valence-electron chi connectivity index (χ0n) is 13.4. The highest BCUT2D eigenvalue weighted by Crippen LogP contribution is 2.25. The van der Waals surface area contributed by atoms with E-state index in [-0.39, 0.29) is 0 Å². The minimum absolute atomic E-state index is 0.635. The Morgan fingerprint density at radius 1 is 1.13 bits per heavy atom. The smallest absolute Gasteiger partial charge is 0.161 e. The minimum atomic E-state index is 0.635. The highest BCUT2D eigenvalue weighted by Gasteiger charge is 2.21. The Kier molecular flexibility index (Phi) is 3.79. The minimum Gasteiger partial charge on any atom is -0.307 e. The van der Waals surface area contributed by atoms with Gasteiger partial charge in [0, 0.05) is 25.5 Å². The first-order chi connectivity index (χ1) is 11.3. The Bertz CT molecular complexity index is 796. The first-order valence-electron chi connectivity index (χ1n) is 8.22. The molecule has 3 aromatic heterocycles. The Morgan fingerprint density at radius 3 is 2.87 bits per heavy atom. The van der Waals surface area contributed by atoms with Crippen LogP contribution in [0.3, 0.4) is 0 Å². The molecule has 1 aliphatic rings. The number of hydrogen-bond acceptors (Lipinski definition) is 4. The molecule has 1 atom stereocenters. The van der Waals surface area contributed by atoms with E-state index >= 15 is 0 Å². The van der Waals surface area contributed by atoms with Crippen LogP contribution in [0.25, 0.3) is 22.7 Å². The molecule has 0 amide bonds. The third-order valence-electron chi connectivity index (χ3n) is 4.56. The summed E-state index contributed by atoms with van der Waals surface area (Å²) in [5.41, 5.74) is 2.81. The van der Waals surface area contributed by atoms with Gasteiger partial charge >= 0.3 is 0 Å². The van der Waals surface area contributed by atoms with Gasteiger partial charge in [-0.3, -0.25) is 4.98 Å². The molecule has 0 bridgehead atoms. The van der Waals surface area contributed by atoms with Gasteiger partial charge in [-0.05, 0) is 56.6 Å². The van der Waals surface area contributed by atoms with Crippen molar-refractivity contribution >= 4 is 11.2 Å². The summed E-state index contributed by atoms with van der Waals surface area (Å²) in [4.78, 5) is 16.3. The lowest BCUT2D eigenvalue weighted by molar-refractivity contribution is 0.196. The van der Waals surface area contributed by atoms with Crippen molar-refractivity contribution in [2.24, 2.45) is 5.92 Å². The summed E-state index contributed by atoms with van der Waals surface area (Å²) in [6.45, 7) is 3.28. The van der Waals surface area contributed by atoms with Crippen LogP contribution in [0.15, 0.2) is 42.7 Å². The van der Waals surface area contributed by atoms with Crippen LogP contribution in [0.4, 0.5) is 0 Å². The van der Waals surface area contributed by atoms with Crippen molar-refractivity contribution in [2.75, 3.05) is 20.1 Å². The number of pyridine rings is 2. The van der Waals surface area contributed by atoms with E-state index in [1.807, 2.05) is 42.7 Å². The fourth-order valence-corrected chi connectivity index (χ4v) is 3.50. The Labute approximate surface area is 136 Å². The standard InChI is InChI=1S/C18H21N5/c1-22-11-5-6-14(12-22)13-23-17-16(8-4-10-20-17)21-18(23)15-7-2-3-9-19-15/h2-4,7-10,14H,5-6,11-13H2,1H3. The van der Waals surface area contributed by atoms with Crippen molar-refractivity contribution in [3.8, 4) is 11.5 Å². The third kappa shape index (κ3) is 2.84. The normalized spacial score (nSPS) is 19.3. The second-order valence-electron chi connectivity index (χ2n) is 6.38. The molecule has 3 aromatic rings. The van der Waals surface area contributed by atoms with Gasteiger partial charge in [-0.25, -0.2) is 9.97 Å². The van der Waals surface area contributed by atoms with Crippen molar-refractivity contribution < 1.29 is 0 Å². The van der Waals surface area contributed by atoms with E-state index in [2.05, 4.69) is 26.5 Å². The van der Waals surface area contributed by atoms with Crippen LogP contribution in [-0.4, -0.2) is 44.6 Å². The molecule has 0 aromatic carbocycles. The highest BCUT2D eigenvalue weighted by atomic mass is 15.2. The van der Waals surface area contributed by atoms with Gasteiger partial charge in [0.1, 0.15) is 11.2 Å². The highest BCUT2D eigenvalue weighted by molar-refractivity contribution is 5.76. The number of rotatable bonds is 3. The number of likely N-dealkylation sites (tertiary alicyclic amines) is 1. The van der Waals surface area contributed by atoms with Crippen molar-refractivity contribution in [3.05, 3.63) is 42.7 Å². The molecule has 0 spiro atoms. The van der Waals surface area contributed by atoms with Gasteiger partial charge in [-0.15, -0.1) is 0 Å². The van der Waals surface area contributed by atoms with Gasteiger partial charge < -0.3 is 9.47 Å². The maximum Gasteiger partial charge on any atom is 0.161 e. The number of hydrogen-bond donors (Lipinski definition) is 0. The first kappa shape index (κ1) is 14.3. The second-order valence-corrected chi connectivity index (χ2v) is 6.38. The summed E-state index contributed by atoms with van der Waals surface area (Å²) in [7, 11) is 2.20. The molecule has 4 rings (SSSR count). The van der Waals surface area contributed by atoms with E-state index in [0.29, 0.717) is 5.92 Å². The largest absolute Gasteiger partial charge is 0.307 e. The molecule has 1 unspecified atom stereocenters. The first-order valence-corrected chi connectivity index (χ1v) is 8.22. The number of fused-ring (bicyclic) bond motifs is 1. The predicted octanol–water partition coefficient (Wildman–Crippen LogP) is 2.84. The number of nitrogens with zero attached hydrogens (tertiary/aromatic N) is 5. The maximum atomic E-state index is 4.79. The number of imidazole rings is 1. The van der Waals surface area contributed by atoms with E-state index < -0.39 is 0 Å².